The van der Waals surface area contributed by atoms with E-state index in [1.54, 1.807) is 0 Å². The van der Waals surface area contributed by atoms with Crippen LogP contribution >= 0.6 is 0 Å². The molecule has 44 heavy (non-hydrogen) atoms. The summed E-state index contributed by atoms with van der Waals surface area (Å²) in [7, 11) is 0. The largest absolute Gasteiger partial charge is 0.490 e. The SMILES string of the molecule is CC(=O)O[C@@H](C1C[C@@H](C)[C@H]2C(O1)[C@H](OC(=O)C(F)(F)F)[C@@]1(N)C3CC[C@H]4C(C)(C)[C@@H](O)CCC45CC35CCC21C)C(C)(C)O. The van der Waals surface area contributed by atoms with E-state index in [-0.39, 0.29) is 39.9 Å². The molecule has 5 saturated carbocycles. The van der Waals surface area contributed by atoms with Crippen molar-refractivity contribution in [3.8, 4) is 0 Å². The molecule has 0 aromatic heterocycles. The van der Waals surface area contributed by atoms with Gasteiger partial charge in [0.15, 0.2) is 6.10 Å². The van der Waals surface area contributed by atoms with Gasteiger partial charge in [-0.2, -0.15) is 13.2 Å². The molecule has 2 spiro atoms. The van der Waals surface area contributed by atoms with Gasteiger partial charge in [0.25, 0.3) is 0 Å². The first-order chi connectivity index (χ1) is 20.1. The van der Waals surface area contributed by atoms with E-state index in [4.69, 9.17) is 19.9 Å². The molecule has 4 N–H and O–H groups in total. The molecule has 6 aliphatic rings. The van der Waals surface area contributed by atoms with E-state index in [2.05, 4.69) is 13.8 Å². The van der Waals surface area contributed by atoms with Crippen LogP contribution in [0.5, 0.6) is 0 Å². The quantitative estimate of drug-likeness (QED) is 0.383. The van der Waals surface area contributed by atoms with E-state index in [0.29, 0.717) is 25.7 Å². The van der Waals surface area contributed by atoms with E-state index < -0.39 is 65.2 Å². The maximum atomic E-state index is 13.8. The monoisotopic (exact) mass is 629 g/mol. The van der Waals surface area contributed by atoms with Crippen LogP contribution in [0.3, 0.4) is 0 Å². The van der Waals surface area contributed by atoms with Crippen LogP contribution in [0.25, 0.3) is 0 Å². The topological polar surface area (TPSA) is 128 Å². The number of hydrogen-bond donors (Lipinski definition) is 3. The van der Waals surface area contributed by atoms with Gasteiger partial charge >= 0.3 is 18.1 Å². The fourth-order valence-electron chi connectivity index (χ4n) is 12.3. The van der Waals surface area contributed by atoms with Crippen molar-refractivity contribution < 1.29 is 47.2 Å². The second-order valence-corrected chi connectivity index (χ2v) is 16.8. The van der Waals surface area contributed by atoms with Crippen LogP contribution in [0, 0.1) is 45.3 Å². The molecular weight excluding hydrogens is 579 g/mol. The first-order valence-electron chi connectivity index (χ1n) is 16.4. The van der Waals surface area contributed by atoms with Crippen LogP contribution in [0.1, 0.15) is 99.8 Å². The van der Waals surface area contributed by atoms with Crippen molar-refractivity contribution in [3.05, 3.63) is 0 Å². The van der Waals surface area contributed by atoms with Crippen molar-refractivity contribution in [2.24, 2.45) is 51.1 Å². The van der Waals surface area contributed by atoms with Crippen LogP contribution in [-0.4, -0.2) is 70.0 Å². The van der Waals surface area contributed by atoms with Crippen LogP contribution < -0.4 is 5.73 Å². The molecule has 0 bridgehead atoms. The van der Waals surface area contributed by atoms with Crippen molar-refractivity contribution in [1.29, 1.82) is 0 Å². The zero-order chi connectivity index (χ0) is 32.6. The minimum Gasteiger partial charge on any atom is -0.457 e. The smallest absolute Gasteiger partial charge is 0.457 e. The van der Waals surface area contributed by atoms with Crippen LogP contribution in [0.4, 0.5) is 13.2 Å². The minimum absolute atomic E-state index is 0.0466. The summed E-state index contributed by atoms with van der Waals surface area (Å²) >= 11 is 0. The number of rotatable bonds is 4. The lowest BCUT2D eigenvalue weighted by Gasteiger charge is -2.63. The highest BCUT2D eigenvalue weighted by Crippen LogP contribution is 2.87. The second-order valence-electron chi connectivity index (χ2n) is 16.8. The third kappa shape index (κ3) is 4.09. The lowest BCUT2D eigenvalue weighted by molar-refractivity contribution is -0.233. The third-order valence-corrected chi connectivity index (χ3v) is 14.1. The average molecular weight is 630 g/mol. The molecule has 6 rings (SSSR count). The van der Waals surface area contributed by atoms with Crippen LogP contribution in [0.15, 0.2) is 0 Å². The number of aliphatic hydroxyl groups excluding tert-OH is 1. The Hall–Kier alpha value is -1.43. The van der Waals surface area contributed by atoms with Crippen molar-refractivity contribution in [2.45, 2.75) is 148 Å². The highest BCUT2D eigenvalue weighted by atomic mass is 19.4. The minimum atomic E-state index is -5.22. The van der Waals surface area contributed by atoms with Crippen molar-refractivity contribution >= 4 is 11.9 Å². The van der Waals surface area contributed by atoms with Gasteiger partial charge in [-0.15, -0.1) is 0 Å². The number of fused-ring (bicyclic) bond motifs is 4. The molecule has 1 heterocycles. The average Bonchev–Trinajstić information content (AvgIpc) is 3.51. The number of ether oxygens (including phenoxy) is 3. The highest BCUT2D eigenvalue weighted by molar-refractivity contribution is 5.76. The van der Waals surface area contributed by atoms with Crippen molar-refractivity contribution in [1.82, 2.24) is 0 Å². The molecule has 8 nitrogen and oxygen atoms in total. The van der Waals surface area contributed by atoms with Gasteiger partial charge in [-0.3, -0.25) is 4.79 Å². The van der Waals surface area contributed by atoms with Gasteiger partial charge in [-0.1, -0.05) is 27.7 Å². The van der Waals surface area contributed by atoms with Gasteiger partial charge < -0.3 is 30.2 Å². The maximum absolute atomic E-state index is 13.8. The second kappa shape index (κ2) is 9.57. The molecule has 5 aliphatic carbocycles. The number of alkyl halides is 3. The number of esters is 2. The summed E-state index contributed by atoms with van der Waals surface area (Å²) in [5, 5.41) is 21.9. The summed E-state index contributed by atoms with van der Waals surface area (Å²) in [5.74, 6) is -3.27. The van der Waals surface area contributed by atoms with E-state index in [1.807, 2.05) is 13.8 Å². The van der Waals surface area contributed by atoms with E-state index in [1.165, 1.54) is 20.8 Å². The molecule has 6 unspecified atom stereocenters. The van der Waals surface area contributed by atoms with Gasteiger partial charge in [0.05, 0.1) is 23.3 Å². The maximum Gasteiger partial charge on any atom is 0.490 e. The Kier molecular flexibility index (Phi) is 7.07. The summed E-state index contributed by atoms with van der Waals surface area (Å²) in [6, 6.07) is 0. The first kappa shape index (κ1) is 32.5. The molecular formula is C33H50F3NO7. The Labute approximate surface area is 257 Å². The zero-order valence-electron chi connectivity index (χ0n) is 27.0. The molecule has 13 atom stereocenters. The Morgan fingerprint density at radius 3 is 2.23 bits per heavy atom. The number of nitrogens with two attached hydrogens (primary N) is 1. The number of halogens is 3. The van der Waals surface area contributed by atoms with Crippen LogP contribution in [-0.2, 0) is 23.8 Å². The van der Waals surface area contributed by atoms with Gasteiger partial charge in [0.1, 0.15) is 12.2 Å². The Balaban J connectivity index is 1.44. The lowest BCUT2D eigenvalue weighted by atomic mass is 9.43. The Morgan fingerprint density at radius 1 is 1.02 bits per heavy atom. The standard InChI is InChI=1S/C33H50F3NO7/c1-16-14-18(24(28(5,6)41)42-17(2)38)43-23-22(16)29(7)12-13-31-15-30(31)11-10-21(39)27(3,4)19(30)8-9-20(31)32(29,37)25(23)44-26(40)33(34,35)36/h16,18-25,39,41H,8-15,37H2,1-7H3/t16-,18?,19+,20?,21+,22+,23?,24+,25+,29?,30?,31?,32+/m1/s1. The highest BCUT2D eigenvalue weighted by Gasteiger charge is 2.86. The van der Waals surface area contributed by atoms with Gasteiger partial charge in [0.2, 0.25) is 0 Å². The molecule has 1 aliphatic heterocycles. The van der Waals surface area contributed by atoms with Crippen molar-refractivity contribution in [2.75, 3.05) is 0 Å². The Morgan fingerprint density at radius 2 is 1.64 bits per heavy atom. The number of aliphatic hydroxyl groups is 2. The Bertz CT molecular complexity index is 1220. The van der Waals surface area contributed by atoms with E-state index in [9.17, 15) is 33.0 Å². The number of carbonyl (C=O) groups excluding carboxylic acids is 2. The number of carbonyl (C=O) groups is 2. The van der Waals surface area contributed by atoms with Crippen molar-refractivity contribution in [3.63, 3.8) is 0 Å². The lowest BCUT2D eigenvalue weighted by Crippen LogP contribution is -2.70. The normalized spacial score (nSPS) is 49.8. The summed E-state index contributed by atoms with van der Waals surface area (Å²) in [6.45, 7) is 12.6. The van der Waals surface area contributed by atoms with Gasteiger partial charge in [0, 0.05) is 6.92 Å². The summed E-state index contributed by atoms with van der Waals surface area (Å²) in [5.41, 5.74) is 3.59. The molecule has 0 aromatic rings. The third-order valence-electron chi connectivity index (χ3n) is 14.1. The fraction of sp³-hybridized carbons (Fsp3) is 0.939. The zero-order valence-corrected chi connectivity index (χ0v) is 27.0. The molecule has 11 heteroatoms. The van der Waals surface area contributed by atoms with Crippen LogP contribution in [0.2, 0.25) is 0 Å². The first-order valence-corrected chi connectivity index (χ1v) is 16.4. The summed E-state index contributed by atoms with van der Waals surface area (Å²) < 4.78 is 59.2. The summed E-state index contributed by atoms with van der Waals surface area (Å²) in [4.78, 5) is 24.7. The molecule has 6 fully saturated rings. The molecule has 0 radical (unpaired) electrons. The number of hydrogen-bond acceptors (Lipinski definition) is 8. The molecule has 0 aromatic carbocycles. The predicted octanol–water partition coefficient (Wildman–Crippen LogP) is 4.67. The molecule has 0 amide bonds. The van der Waals surface area contributed by atoms with E-state index >= 15 is 0 Å². The molecule has 1 saturated heterocycles. The van der Waals surface area contributed by atoms with Gasteiger partial charge in [-0.05, 0) is 111 Å². The fourth-order valence-corrected chi connectivity index (χ4v) is 12.3. The summed E-state index contributed by atoms with van der Waals surface area (Å²) in [6.07, 6.45) is -4.04. The van der Waals surface area contributed by atoms with E-state index in [0.717, 1.165) is 25.7 Å². The predicted molar refractivity (Wildman–Crippen MR) is 153 cm³/mol. The molecule has 250 valence electrons. The van der Waals surface area contributed by atoms with Gasteiger partial charge in [-0.25, -0.2) is 4.79 Å².